The van der Waals surface area contributed by atoms with Crippen molar-refractivity contribution in [3.8, 4) is 5.75 Å². The summed E-state index contributed by atoms with van der Waals surface area (Å²) in [4.78, 5) is 25.6. The maximum absolute atomic E-state index is 12.1. The summed E-state index contributed by atoms with van der Waals surface area (Å²) >= 11 is 0. The molecule has 1 aromatic rings. The second-order valence-electron chi connectivity index (χ2n) is 4.85. The Balaban J connectivity index is 1.95. The van der Waals surface area contributed by atoms with Crippen molar-refractivity contribution < 1.29 is 14.3 Å². The summed E-state index contributed by atoms with van der Waals surface area (Å²) in [5.74, 6) is 0.634. The summed E-state index contributed by atoms with van der Waals surface area (Å²) in [6, 6.07) is 8.59. The Morgan fingerprint density at radius 1 is 1.25 bits per heavy atom. The van der Waals surface area contributed by atoms with Crippen LogP contribution in [0.1, 0.15) is 20.3 Å². The third-order valence-electron chi connectivity index (χ3n) is 3.42. The minimum absolute atomic E-state index is 0.0480. The molecule has 5 heteroatoms. The van der Waals surface area contributed by atoms with Gasteiger partial charge in [-0.3, -0.25) is 9.59 Å². The zero-order valence-corrected chi connectivity index (χ0v) is 11.8. The number of piperazine rings is 1. The maximum atomic E-state index is 12.1. The minimum Gasteiger partial charge on any atom is -0.492 e. The lowest BCUT2D eigenvalue weighted by Gasteiger charge is -2.37. The molecule has 2 amide bonds. The molecule has 108 valence electrons. The van der Waals surface area contributed by atoms with Crippen LogP contribution in [0.15, 0.2) is 30.3 Å². The molecule has 0 bridgehead atoms. The molecule has 1 fully saturated rings. The third kappa shape index (κ3) is 3.10. The molecular weight excluding hydrogens is 256 g/mol. The van der Waals surface area contributed by atoms with E-state index in [1.54, 1.807) is 11.8 Å². The first kappa shape index (κ1) is 14.4. The number of para-hydroxylation sites is 1. The van der Waals surface area contributed by atoms with E-state index in [9.17, 15) is 9.59 Å². The van der Waals surface area contributed by atoms with Crippen LogP contribution in [0.3, 0.4) is 0 Å². The van der Waals surface area contributed by atoms with E-state index in [0.717, 1.165) is 5.75 Å². The van der Waals surface area contributed by atoms with Gasteiger partial charge in [0, 0.05) is 0 Å². The summed E-state index contributed by atoms with van der Waals surface area (Å²) in [6.07, 6.45) is 0.607. The highest BCUT2D eigenvalue weighted by molar-refractivity contribution is 5.96. The van der Waals surface area contributed by atoms with Crippen LogP contribution >= 0.6 is 0 Å². The molecule has 0 radical (unpaired) electrons. The number of amides is 2. The van der Waals surface area contributed by atoms with Gasteiger partial charge in [0.2, 0.25) is 11.8 Å². The molecule has 2 unspecified atom stereocenters. The number of nitrogens with zero attached hydrogens (tertiary/aromatic N) is 1. The Kier molecular flexibility index (Phi) is 4.61. The molecule has 1 aliphatic rings. The summed E-state index contributed by atoms with van der Waals surface area (Å²) in [5.41, 5.74) is 0. The number of benzene rings is 1. The van der Waals surface area contributed by atoms with Crippen molar-refractivity contribution in [2.24, 2.45) is 0 Å². The summed E-state index contributed by atoms with van der Waals surface area (Å²) < 4.78 is 5.59. The highest BCUT2D eigenvalue weighted by Crippen LogP contribution is 2.14. The highest BCUT2D eigenvalue weighted by atomic mass is 16.5. The predicted octanol–water partition coefficient (Wildman–Crippen LogP) is 1.19. The Bertz CT molecular complexity index is 475. The smallest absolute Gasteiger partial charge is 0.245 e. The van der Waals surface area contributed by atoms with Crippen LogP contribution in [0.4, 0.5) is 0 Å². The van der Waals surface area contributed by atoms with Gasteiger partial charge in [-0.15, -0.1) is 0 Å². The number of nitrogens with one attached hydrogen (secondary N) is 1. The first-order valence-corrected chi connectivity index (χ1v) is 6.92. The molecule has 1 saturated heterocycles. The van der Waals surface area contributed by atoms with Crippen molar-refractivity contribution in [3.05, 3.63) is 30.3 Å². The van der Waals surface area contributed by atoms with Gasteiger partial charge in [0.25, 0.3) is 0 Å². The number of carbonyl (C=O) groups excluding carboxylic acids is 2. The van der Waals surface area contributed by atoms with Gasteiger partial charge in [0.05, 0.1) is 6.54 Å². The molecule has 0 spiro atoms. The Morgan fingerprint density at radius 2 is 1.95 bits per heavy atom. The fourth-order valence-electron chi connectivity index (χ4n) is 2.37. The van der Waals surface area contributed by atoms with Gasteiger partial charge in [0.1, 0.15) is 24.4 Å². The van der Waals surface area contributed by atoms with Crippen LogP contribution in [0.2, 0.25) is 0 Å². The zero-order chi connectivity index (χ0) is 14.5. The second kappa shape index (κ2) is 6.41. The maximum Gasteiger partial charge on any atom is 0.245 e. The minimum atomic E-state index is -0.456. The van der Waals surface area contributed by atoms with Crippen LogP contribution < -0.4 is 10.1 Å². The number of hydrogen-bond acceptors (Lipinski definition) is 3. The summed E-state index contributed by atoms with van der Waals surface area (Å²) in [7, 11) is 0. The van der Waals surface area contributed by atoms with Crippen molar-refractivity contribution in [1.82, 2.24) is 10.2 Å². The lowest BCUT2D eigenvalue weighted by atomic mass is 10.1. The molecule has 2 atom stereocenters. The van der Waals surface area contributed by atoms with Crippen molar-refractivity contribution in [2.75, 3.05) is 13.2 Å². The SMILES string of the molecule is CCC1C(=O)NC(C)C(=O)N1CCOc1ccccc1. The van der Waals surface area contributed by atoms with Crippen LogP contribution in [-0.2, 0) is 9.59 Å². The summed E-state index contributed by atoms with van der Waals surface area (Å²) in [6.45, 7) is 4.41. The van der Waals surface area contributed by atoms with Crippen molar-refractivity contribution in [3.63, 3.8) is 0 Å². The number of ether oxygens (including phenoxy) is 1. The molecule has 2 rings (SSSR count). The van der Waals surface area contributed by atoms with E-state index in [2.05, 4.69) is 5.32 Å². The van der Waals surface area contributed by atoms with Gasteiger partial charge >= 0.3 is 0 Å². The molecule has 1 aliphatic heterocycles. The normalized spacial score (nSPS) is 22.6. The molecule has 0 aromatic heterocycles. The lowest BCUT2D eigenvalue weighted by molar-refractivity contribution is -0.149. The molecular formula is C15H20N2O3. The molecule has 1 N–H and O–H groups in total. The number of rotatable bonds is 5. The zero-order valence-electron chi connectivity index (χ0n) is 11.8. The number of hydrogen-bond donors (Lipinski definition) is 1. The van der Waals surface area contributed by atoms with Gasteiger partial charge in [-0.2, -0.15) is 0 Å². The lowest BCUT2D eigenvalue weighted by Crippen LogP contribution is -2.62. The fourth-order valence-corrected chi connectivity index (χ4v) is 2.37. The average molecular weight is 276 g/mol. The van der Waals surface area contributed by atoms with Crippen molar-refractivity contribution in [2.45, 2.75) is 32.4 Å². The first-order chi connectivity index (χ1) is 9.63. The largest absolute Gasteiger partial charge is 0.492 e. The molecule has 0 saturated carbocycles. The van der Waals surface area contributed by atoms with E-state index in [1.807, 2.05) is 37.3 Å². The predicted molar refractivity (Wildman–Crippen MR) is 75.3 cm³/mol. The van der Waals surface area contributed by atoms with E-state index in [4.69, 9.17) is 4.74 Å². The Labute approximate surface area is 118 Å². The van der Waals surface area contributed by atoms with Crippen LogP contribution in [0.5, 0.6) is 5.75 Å². The quantitative estimate of drug-likeness (QED) is 0.879. The van der Waals surface area contributed by atoms with Gasteiger partial charge in [-0.1, -0.05) is 25.1 Å². The third-order valence-corrected chi connectivity index (χ3v) is 3.42. The first-order valence-electron chi connectivity index (χ1n) is 6.92. The van der Waals surface area contributed by atoms with E-state index >= 15 is 0 Å². The monoisotopic (exact) mass is 276 g/mol. The second-order valence-corrected chi connectivity index (χ2v) is 4.85. The Morgan fingerprint density at radius 3 is 2.60 bits per heavy atom. The summed E-state index contributed by atoms with van der Waals surface area (Å²) in [5, 5.41) is 2.70. The van der Waals surface area contributed by atoms with Crippen molar-refractivity contribution in [1.29, 1.82) is 0 Å². The van der Waals surface area contributed by atoms with Crippen LogP contribution in [-0.4, -0.2) is 41.9 Å². The average Bonchev–Trinajstić information content (AvgIpc) is 2.45. The van der Waals surface area contributed by atoms with E-state index in [-0.39, 0.29) is 11.8 Å². The van der Waals surface area contributed by atoms with Gasteiger partial charge in [-0.25, -0.2) is 0 Å². The fraction of sp³-hybridized carbons (Fsp3) is 0.467. The van der Waals surface area contributed by atoms with Gasteiger partial charge in [0.15, 0.2) is 0 Å². The molecule has 0 aliphatic carbocycles. The standard InChI is InChI=1S/C15H20N2O3/c1-3-13-14(18)16-11(2)15(19)17(13)9-10-20-12-7-5-4-6-8-12/h4-8,11,13H,3,9-10H2,1-2H3,(H,16,18). The van der Waals surface area contributed by atoms with Gasteiger partial charge < -0.3 is 15.0 Å². The van der Waals surface area contributed by atoms with E-state index in [0.29, 0.717) is 19.6 Å². The van der Waals surface area contributed by atoms with Crippen LogP contribution in [0, 0.1) is 0 Å². The molecule has 5 nitrogen and oxygen atoms in total. The van der Waals surface area contributed by atoms with Crippen LogP contribution in [0.25, 0.3) is 0 Å². The molecule has 20 heavy (non-hydrogen) atoms. The highest BCUT2D eigenvalue weighted by Gasteiger charge is 2.37. The molecule has 1 heterocycles. The Hall–Kier alpha value is -2.04. The van der Waals surface area contributed by atoms with E-state index < -0.39 is 12.1 Å². The van der Waals surface area contributed by atoms with Crippen molar-refractivity contribution >= 4 is 11.8 Å². The number of carbonyl (C=O) groups is 2. The van der Waals surface area contributed by atoms with Gasteiger partial charge in [-0.05, 0) is 25.5 Å². The topological polar surface area (TPSA) is 58.6 Å². The van der Waals surface area contributed by atoms with E-state index in [1.165, 1.54) is 0 Å². The molecule has 1 aromatic carbocycles.